The Kier molecular flexibility index (Phi) is 2.28. The van der Waals surface area contributed by atoms with Crippen LogP contribution < -0.4 is 5.56 Å². The molecule has 0 unspecified atom stereocenters. The first-order chi connectivity index (χ1) is 4.84. The lowest BCUT2D eigenvalue weighted by Crippen LogP contribution is -2.09. The maximum absolute atomic E-state index is 10.8. The van der Waals surface area contributed by atoms with E-state index in [1.54, 1.807) is 0 Å². The maximum atomic E-state index is 10.8. The lowest BCUT2D eigenvalue weighted by molar-refractivity contribution is 1.12. The van der Waals surface area contributed by atoms with Crippen LogP contribution in [0.3, 0.4) is 0 Å². The third kappa shape index (κ3) is 1.48. The van der Waals surface area contributed by atoms with Crippen LogP contribution in [0.2, 0.25) is 0 Å². The molecule has 0 amide bonds. The third-order valence-electron chi connectivity index (χ3n) is 0.968. The quantitative estimate of drug-likeness (QED) is 0.584. The number of rotatable bonds is 1. The first-order valence-corrected chi connectivity index (χ1v) is 3.20. The Morgan fingerprint density at radius 1 is 1.70 bits per heavy atom. The molecule has 1 aromatic rings. The molecule has 0 spiro atoms. The molecule has 0 atom stereocenters. The van der Waals surface area contributed by atoms with Crippen molar-refractivity contribution < 1.29 is 0 Å². The van der Waals surface area contributed by atoms with Crippen molar-refractivity contribution in [3.8, 4) is 0 Å². The van der Waals surface area contributed by atoms with Gasteiger partial charge in [0.05, 0.1) is 0 Å². The SMILES string of the molecule is O=c1[nH]ccnc1C=CS. The summed E-state index contributed by atoms with van der Waals surface area (Å²) in [5, 5.41) is 1.47. The molecule has 1 rings (SSSR count). The molecule has 0 fully saturated rings. The van der Waals surface area contributed by atoms with Crippen molar-refractivity contribution in [2.75, 3.05) is 0 Å². The fourth-order valence-corrected chi connectivity index (χ4v) is 0.694. The minimum absolute atomic E-state index is 0.201. The summed E-state index contributed by atoms with van der Waals surface area (Å²) in [6, 6.07) is 0. The molecule has 0 radical (unpaired) electrons. The molecule has 4 heteroatoms. The number of hydrogen-bond acceptors (Lipinski definition) is 3. The van der Waals surface area contributed by atoms with Gasteiger partial charge in [-0.2, -0.15) is 12.6 Å². The first-order valence-electron chi connectivity index (χ1n) is 2.69. The van der Waals surface area contributed by atoms with E-state index in [0.29, 0.717) is 5.69 Å². The Morgan fingerprint density at radius 3 is 3.10 bits per heavy atom. The lowest BCUT2D eigenvalue weighted by atomic mass is 10.4. The Balaban J connectivity index is 3.16. The van der Waals surface area contributed by atoms with E-state index >= 15 is 0 Å². The minimum atomic E-state index is -0.201. The molecular weight excluding hydrogens is 148 g/mol. The molecule has 3 nitrogen and oxygen atoms in total. The number of aromatic amines is 1. The highest BCUT2D eigenvalue weighted by molar-refractivity contribution is 7.83. The summed E-state index contributed by atoms with van der Waals surface area (Å²) in [4.78, 5) is 17.1. The van der Waals surface area contributed by atoms with Gasteiger partial charge in [0.15, 0.2) is 0 Å². The van der Waals surface area contributed by atoms with Crippen molar-refractivity contribution >= 4 is 18.7 Å². The molecule has 10 heavy (non-hydrogen) atoms. The predicted molar refractivity (Wildman–Crippen MR) is 42.9 cm³/mol. The van der Waals surface area contributed by atoms with Gasteiger partial charge in [-0.3, -0.25) is 4.79 Å². The van der Waals surface area contributed by atoms with E-state index in [2.05, 4.69) is 22.6 Å². The molecule has 52 valence electrons. The highest BCUT2D eigenvalue weighted by Crippen LogP contribution is 1.88. The van der Waals surface area contributed by atoms with Gasteiger partial charge in [0.2, 0.25) is 0 Å². The van der Waals surface area contributed by atoms with Crippen LogP contribution in [-0.2, 0) is 0 Å². The van der Waals surface area contributed by atoms with E-state index in [1.165, 1.54) is 23.9 Å². The first kappa shape index (κ1) is 7.08. The van der Waals surface area contributed by atoms with Crippen molar-refractivity contribution in [3.63, 3.8) is 0 Å². The number of hydrogen-bond donors (Lipinski definition) is 2. The standard InChI is InChI=1S/C6H6N2OS/c9-6-5(1-4-10)7-2-3-8-6/h1-4,10H,(H,8,9). The third-order valence-corrected chi connectivity index (χ3v) is 1.12. The van der Waals surface area contributed by atoms with E-state index in [-0.39, 0.29) is 5.56 Å². The minimum Gasteiger partial charge on any atom is -0.326 e. The number of thiol groups is 1. The Hall–Kier alpha value is -1.03. The van der Waals surface area contributed by atoms with Gasteiger partial charge in [0.25, 0.3) is 5.56 Å². The van der Waals surface area contributed by atoms with Gasteiger partial charge in [-0.25, -0.2) is 4.98 Å². The lowest BCUT2D eigenvalue weighted by Gasteiger charge is -1.86. The molecule has 0 aliphatic rings. The second-order valence-corrected chi connectivity index (χ2v) is 1.92. The molecular formula is C6H6N2OS. The average Bonchev–Trinajstić information content (AvgIpc) is 1.94. The van der Waals surface area contributed by atoms with E-state index < -0.39 is 0 Å². The van der Waals surface area contributed by atoms with Crippen molar-refractivity contribution in [1.29, 1.82) is 0 Å². The van der Waals surface area contributed by atoms with Crippen molar-refractivity contribution in [3.05, 3.63) is 33.8 Å². The van der Waals surface area contributed by atoms with Crippen LogP contribution >= 0.6 is 12.6 Å². The van der Waals surface area contributed by atoms with Gasteiger partial charge in [-0.1, -0.05) is 0 Å². The zero-order valence-corrected chi connectivity index (χ0v) is 6.01. The number of nitrogens with one attached hydrogen (secondary N) is 1. The van der Waals surface area contributed by atoms with Crippen LogP contribution in [0.15, 0.2) is 22.6 Å². The molecule has 1 N–H and O–H groups in total. The monoisotopic (exact) mass is 154 g/mol. The summed E-state index contributed by atoms with van der Waals surface area (Å²) in [6.07, 6.45) is 4.53. The fourth-order valence-electron chi connectivity index (χ4n) is 0.552. The van der Waals surface area contributed by atoms with Gasteiger partial charge < -0.3 is 4.98 Å². The van der Waals surface area contributed by atoms with Gasteiger partial charge in [-0.15, -0.1) is 0 Å². The smallest absolute Gasteiger partial charge is 0.273 e. The van der Waals surface area contributed by atoms with Gasteiger partial charge in [-0.05, 0) is 11.5 Å². The van der Waals surface area contributed by atoms with Gasteiger partial charge >= 0.3 is 0 Å². The van der Waals surface area contributed by atoms with Crippen LogP contribution in [0, 0.1) is 0 Å². The largest absolute Gasteiger partial charge is 0.326 e. The van der Waals surface area contributed by atoms with Crippen LogP contribution in [0.5, 0.6) is 0 Å². The summed E-state index contributed by atoms with van der Waals surface area (Å²) in [5.74, 6) is 0. The van der Waals surface area contributed by atoms with Crippen LogP contribution in [0.1, 0.15) is 5.69 Å². The molecule has 1 aromatic heterocycles. The average molecular weight is 154 g/mol. The van der Waals surface area contributed by atoms with E-state index in [4.69, 9.17) is 0 Å². The topological polar surface area (TPSA) is 45.8 Å². The van der Waals surface area contributed by atoms with Crippen molar-refractivity contribution in [1.82, 2.24) is 9.97 Å². The predicted octanol–water partition coefficient (Wildman–Crippen LogP) is 0.670. The van der Waals surface area contributed by atoms with Crippen molar-refractivity contribution in [2.45, 2.75) is 0 Å². The highest BCUT2D eigenvalue weighted by atomic mass is 32.1. The van der Waals surface area contributed by atoms with Gasteiger partial charge in [0.1, 0.15) is 5.69 Å². The second-order valence-electron chi connectivity index (χ2n) is 1.62. The van der Waals surface area contributed by atoms with Gasteiger partial charge in [0, 0.05) is 12.4 Å². The van der Waals surface area contributed by atoms with Crippen molar-refractivity contribution in [2.24, 2.45) is 0 Å². The molecule has 0 aliphatic heterocycles. The molecule has 0 bridgehead atoms. The molecule has 1 heterocycles. The van der Waals surface area contributed by atoms with Crippen LogP contribution in [-0.4, -0.2) is 9.97 Å². The molecule has 0 aromatic carbocycles. The maximum Gasteiger partial charge on any atom is 0.273 e. The summed E-state index contributed by atoms with van der Waals surface area (Å²) in [5.41, 5.74) is 0.172. The Labute approximate surface area is 63.2 Å². The Morgan fingerprint density at radius 2 is 2.50 bits per heavy atom. The normalized spacial score (nSPS) is 10.5. The number of nitrogens with zero attached hydrogens (tertiary/aromatic N) is 1. The van der Waals surface area contributed by atoms with E-state index in [1.807, 2.05) is 0 Å². The van der Waals surface area contributed by atoms with E-state index in [9.17, 15) is 4.79 Å². The fraction of sp³-hybridized carbons (Fsp3) is 0. The molecule has 0 saturated heterocycles. The van der Waals surface area contributed by atoms with Crippen LogP contribution in [0.25, 0.3) is 6.08 Å². The molecule has 0 saturated carbocycles. The summed E-state index contributed by atoms with van der Waals surface area (Å²) >= 11 is 3.81. The Bertz CT molecular complexity index is 292. The number of aromatic nitrogens is 2. The number of H-pyrrole nitrogens is 1. The summed E-state index contributed by atoms with van der Waals surface area (Å²) in [7, 11) is 0. The molecule has 0 aliphatic carbocycles. The summed E-state index contributed by atoms with van der Waals surface area (Å²) in [6.45, 7) is 0. The highest BCUT2D eigenvalue weighted by Gasteiger charge is 1.90. The zero-order chi connectivity index (χ0) is 7.40. The van der Waals surface area contributed by atoms with E-state index in [0.717, 1.165) is 0 Å². The summed E-state index contributed by atoms with van der Waals surface area (Å²) < 4.78 is 0. The second kappa shape index (κ2) is 3.22. The van der Waals surface area contributed by atoms with Crippen LogP contribution in [0.4, 0.5) is 0 Å². The zero-order valence-electron chi connectivity index (χ0n) is 5.11.